The fourth-order valence-corrected chi connectivity index (χ4v) is 2.56. The molecule has 0 bridgehead atoms. The molecule has 2 aromatic heterocycles. The van der Waals surface area contributed by atoms with Gasteiger partial charge in [-0.15, -0.1) is 0 Å². The van der Waals surface area contributed by atoms with E-state index >= 15 is 0 Å². The molecule has 0 spiro atoms. The maximum Gasteiger partial charge on any atom is 0.123 e. The van der Waals surface area contributed by atoms with Gasteiger partial charge in [-0.25, -0.2) is 4.39 Å². The minimum absolute atomic E-state index is 0.222. The van der Waals surface area contributed by atoms with Gasteiger partial charge in [0.25, 0.3) is 0 Å². The second-order valence-electron chi connectivity index (χ2n) is 4.17. The van der Waals surface area contributed by atoms with Crippen LogP contribution in [-0.4, -0.2) is 9.97 Å². The molecule has 4 heteroatoms. The van der Waals surface area contributed by atoms with E-state index in [-0.39, 0.29) is 5.82 Å². The molecule has 0 atom stereocenters. The van der Waals surface area contributed by atoms with Crippen molar-refractivity contribution >= 4 is 11.8 Å². The molecule has 1 aromatic carbocycles. The van der Waals surface area contributed by atoms with E-state index in [2.05, 4.69) is 9.97 Å². The van der Waals surface area contributed by atoms with Gasteiger partial charge in [0.2, 0.25) is 0 Å². The molecule has 2 heterocycles. The quantitative estimate of drug-likeness (QED) is 0.710. The van der Waals surface area contributed by atoms with Crippen LogP contribution in [0.3, 0.4) is 0 Å². The normalized spacial score (nSPS) is 10.4. The molecule has 2 nitrogen and oxygen atoms in total. The Labute approximate surface area is 120 Å². The molecule has 3 aromatic rings. The second-order valence-corrected chi connectivity index (χ2v) is 5.32. The van der Waals surface area contributed by atoms with Crippen molar-refractivity contribution in [2.24, 2.45) is 0 Å². The maximum absolute atomic E-state index is 12.8. The third-order valence-electron chi connectivity index (χ3n) is 2.76. The summed E-state index contributed by atoms with van der Waals surface area (Å²) in [6.07, 6.45) is 5.32. The molecule has 0 aliphatic carbocycles. The summed E-state index contributed by atoms with van der Waals surface area (Å²) in [6.45, 7) is 0. The first kappa shape index (κ1) is 12.8. The lowest BCUT2D eigenvalue weighted by Gasteiger charge is -2.03. The Morgan fingerprint density at radius 2 is 1.50 bits per heavy atom. The van der Waals surface area contributed by atoms with Crippen molar-refractivity contribution in [1.29, 1.82) is 0 Å². The number of nitrogens with zero attached hydrogens (tertiary/aromatic N) is 2. The molecule has 0 amide bonds. The molecular formula is C16H11FN2S. The number of hydrogen-bond donors (Lipinski definition) is 0. The maximum atomic E-state index is 12.8. The molecule has 0 fully saturated rings. The number of halogens is 1. The number of pyridine rings is 2. The number of hydrogen-bond acceptors (Lipinski definition) is 3. The highest BCUT2D eigenvalue weighted by Crippen LogP contribution is 2.28. The molecule has 0 unspecified atom stereocenters. The first-order chi connectivity index (χ1) is 9.81. The Balaban J connectivity index is 1.78. The van der Waals surface area contributed by atoms with Gasteiger partial charge in [-0.05, 0) is 48.5 Å². The first-order valence-corrected chi connectivity index (χ1v) is 6.93. The molecule has 0 aliphatic heterocycles. The Bertz CT molecular complexity index is 682. The van der Waals surface area contributed by atoms with E-state index < -0.39 is 0 Å². The van der Waals surface area contributed by atoms with E-state index in [1.165, 1.54) is 12.1 Å². The zero-order valence-electron chi connectivity index (χ0n) is 10.5. The summed E-state index contributed by atoms with van der Waals surface area (Å²) in [6, 6.07) is 14.3. The van der Waals surface area contributed by atoms with E-state index in [4.69, 9.17) is 0 Å². The molecule has 0 aliphatic rings. The van der Waals surface area contributed by atoms with Gasteiger partial charge >= 0.3 is 0 Å². The van der Waals surface area contributed by atoms with E-state index in [0.29, 0.717) is 0 Å². The highest BCUT2D eigenvalue weighted by molar-refractivity contribution is 7.99. The zero-order chi connectivity index (χ0) is 13.8. The predicted octanol–water partition coefficient (Wildman–Crippen LogP) is 4.43. The van der Waals surface area contributed by atoms with E-state index in [9.17, 15) is 4.39 Å². The average molecular weight is 282 g/mol. The molecule has 0 radical (unpaired) electrons. The molecule has 0 saturated carbocycles. The summed E-state index contributed by atoms with van der Waals surface area (Å²) in [5.74, 6) is -0.222. The van der Waals surface area contributed by atoms with Gasteiger partial charge in [0, 0.05) is 33.9 Å². The van der Waals surface area contributed by atoms with Crippen molar-refractivity contribution < 1.29 is 4.39 Å². The Hall–Kier alpha value is -2.20. The number of rotatable bonds is 3. The molecule has 0 saturated heterocycles. The van der Waals surface area contributed by atoms with Crippen molar-refractivity contribution in [1.82, 2.24) is 9.97 Å². The van der Waals surface area contributed by atoms with Gasteiger partial charge in [-0.3, -0.25) is 9.97 Å². The van der Waals surface area contributed by atoms with Crippen molar-refractivity contribution in [3.05, 3.63) is 72.9 Å². The summed E-state index contributed by atoms with van der Waals surface area (Å²) in [5, 5.41) is 0. The molecule has 0 N–H and O–H groups in total. The van der Waals surface area contributed by atoms with Gasteiger partial charge in [0.15, 0.2) is 0 Å². The average Bonchev–Trinajstić information content (AvgIpc) is 2.51. The first-order valence-electron chi connectivity index (χ1n) is 6.11. The summed E-state index contributed by atoms with van der Waals surface area (Å²) in [4.78, 5) is 10.4. The van der Waals surface area contributed by atoms with Crippen LogP contribution in [0.15, 0.2) is 76.9 Å². The minimum atomic E-state index is -0.222. The molecule has 3 rings (SSSR count). The van der Waals surface area contributed by atoms with Crippen LogP contribution in [0, 0.1) is 5.82 Å². The Morgan fingerprint density at radius 3 is 2.15 bits per heavy atom. The molecular weight excluding hydrogens is 271 g/mol. The Morgan fingerprint density at radius 1 is 0.800 bits per heavy atom. The van der Waals surface area contributed by atoms with Gasteiger partial charge in [0.1, 0.15) is 5.82 Å². The van der Waals surface area contributed by atoms with Gasteiger partial charge in [0.05, 0.1) is 5.69 Å². The summed E-state index contributed by atoms with van der Waals surface area (Å²) >= 11 is 1.56. The summed E-state index contributed by atoms with van der Waals surface area (Å²) in [5.41, 5.74) is 1.95. The lowest BCUT2D eigenvalue weighted by atomic mass is 10.2. The fraction of sp³-hybridized carbons (Fsp3) is 0. The van der Waals surface area contributed by atoms with Gasteiger partial charge in [-0.2, -0.15) is 0 Å². The lowest BCUT2D eigenvalue weighted by Crippen LogP contribution is -1.84. The number of benzene rings is 1. The fourth-order valence-electron chi connectivity index (χ4n) is 1.77. The van der Waals surface area contributed by atoms with Gasteiger partial charge in [-0.1, -0.05) is 11.8 Å². The third-order valence-corrected chi connectivity index (χ3v) is 3.75. The van der Waals surface area contributed by atoms with Crippen LogP contribution in [0.4, 0.5) is 4.39 Å². The SMILES string of the molecule is Fc1ccc(Sc2ccc(-c3ccncc3)nc2)cc1. The summed E-state index contributed by atoms with van der Waals surface area (Å²) < 4.78 is 12.8. The highest BCUT2D eigenvalue weighted by atomic mass is 32.2. The predicted molar refractivity (Wildman–Crippen MR) is 78.0 cm³/mol. The summed E-state index contributed by atoms with van der Waals surface area (Å²) in [7, 11) is 0. The highest BCUT2D eigenvalue weighted by Gasteiger charge is 2.01. The van der Waals surface area contributed by atoms with E-state index in [1.807, 2.05) is 30.5 Å². The van der Waals surface area contributed by atoms with Crippen molar-refractivity contribution in [2.45, 2.75) is 9.79 Å². The van der Waals surface area contributed by atoms with Crippen LogP contribution < -0.4 is 0 Å². The smallest absolute Gasteiger partial charge is 0.123 e. The Kier molecular flexibility index (Phi) is 3.74. The van der Waals surface area contributed by atoms with Crippen LogP contribution >= 0.6 is 11.8 Å². The van der Waals surface area contributed by atoms with Gasteiger partial charge < -0.3 is 0 Å². The minimum Gasteiger partial charge on any atom is -0.265 e. The zero-order valence-corrected chi connectivity index (χ0v) is 11.3. The van der Waals surface area contributed by atoms with Crippen molar-refractivity contribution in [3.8, 4) is 11.3 Å². The topological polar surface area (TPSA) is 25.8 Å². The lowest BCUT2D eigenvalue weighted by molar-refractivity contribution is 0.626. The van der Waals surface area contributed by atoms with E-state index in [0.717, 1.165) is 21.0 Å². The van der Waals surface area contributed by atoms with Crippen LogP contribution in [0.1, 0.15) is 0 Å². The third kappa shape index (κ3) is 3.03. The largest absolute Gasteiger partial charge is 0.265 e. The molecule has 98 valence electrons. The second kappa shape index (κ2) is 5.84. The standard InChI is InChI=1S/C16H11FN2S/c17-13-1-3-14(4-2-13)20-15-5-6-16(19-11-15)12-7-9-18-10-8-12/h1-11H. The van der Waals surface area contributed by atoms with E-state index in [1.54, 1.807) is 36.3 Å². The van der Waals surface area contributed by atoms with Crippen LogP contribution in [0.2, 0.25) is 0 Å². The van der Waals surface area contributed by atoms with Crippen molar-refractivity contribution in [3.63, 3.8) is 0 Å². The number of aromatic nitrogens is 2. The monoisotopic (exact) mass is 282 g/mol. The van der Waals surface area contributed by atoms with Crippen LogP contribution in [0.25, 0.3) is 11.3 Å². The van der Waals surface area contributed by atoms with Crippen LogP contribution in [-0.2, 0) is 0 Å². The van der Waals surface area contributed by atoms with Crippen molar-refractivity contribution in [2.75, 3.05) is 0 Å². The molecule has 20 heavy (non-hydrogen) atoms. The van der Waals surface area contributed by atoms with Crippen LogP contribution in [0.5, 0.6) is 0 Å².